The topological polar surface area (TPSA) is 89.9 Å². The number of carbonyl (C=O) groups excluding carboxylic acids is 1. The Morgan fingerprint density at radius 2 is 2.07 bits per heavy atom. The lowest BCUT2D eigenvalue weighted by atomic mass is 10.0. The number of nitrogens with zero attached hydrogens (tertiary/aromatic N) is 1. The molecular weight excluding hydrogens is 390 g/mol. The third kappa shape index (κ3) is 6.20. The SMILES string of the molecule is O=C(O)CSCCCCN1C(=O)NC[C@@H]1/C=C/C(O)C(F)(F)c1ccccc1. The molecule has 2 amide bonds. The third-order valence-corrected chi connectivity index (χ3v) is 5.36. The molecule has 2 atom stereocenters. The molecule has 28 heavy (non-hydrogen) atoms. The number of urea groups is 1. The minimum absolute atomic E-state index is 0.0447. The van der Waals surface area contributed by atoms with Crippen LogP contribution in [0, 0.1) is 0 Å². The molecule has 0 bridgehead atoms. The Bertz CT molecular complexity index is 688. The molecule has 154 valence electrons. The van der Waals surface area contributed by atoms with Gasteiger partial charge >= 0.3 is 17.9 Å². The quantitative estimate of drug-likeness (QED) is 0.383. The van der Waals surface area contributed by atoms with Gasteiger partial charge in [-0.25, -0.2) is 4.79 Å². The van der Waals surface area contributed by atoms with Crippen molar-refractivity contribution in [1.29, 1.82) is 0 Å². The molecule has 0 spiro atoms. The van der Waals surface area contributed by atoms with Crippen molar-refractivity contribution in [3.63, 3.8) is 0 Å². The zero-order chi connectivity index (χ0) is 20.6. The molecule has 1 aliphatic heterocycles. The Labute approximate surface area is 166 Å². The number of unbranched alkanes of at least 4 members (excludes halogenated alkanes) is 1. The number of rotatable bonds is 11. The van der Waals surface area contributed by atoms with E-state index >= 15 is 0 Å². The molecule has 1 aliphatic rings. The Kier molecular flexibility index (Phi) is 8.25. The van der Waals surface area contributed by atoms with Crippen molar-refractivity contribution in [2.24, 2.45) is 0 Å². The first-order valence-electron chi connectivity index (χ1n) is 8.96. The number of thioether (sulfide) groups is 1. The fraction of sp³-hybridized carbons (Fsp3) is 0.474. The van der Waals surface area contributed by atoms with Crippen LogP contribution >= 0.6 is 11.8 Å². The molecule has 1 heterocycles. The van der Waals surface area contributed by atoms with Crippen LogP contribution in [0.3, 0.4) is 0 Å². The van der Waals surface area contributed by atoms with Gasteiger partial charge in [0.05, 0.1) is 11.8 Å². The van der Waals surface area contributed by atoms with Gasteiger partial charge in [0.25, 0.3) is 0 Å². The van der Waals surface area contributed by atoms with Crippen molar-refractivity contribution in [3.05, 3.63) is 48.0 Å². The van der Waals surface area contributed by atoms with E-state index in [-0.39, 0.29) is 23.9 Å². The molecule has 2 rings (SSSR count). The zero-order valence-electron chi connectivity index (χ0n) is 15.3. The number of carboxylic acid groups (broad SMARTS) is 1. The van der Waals surface area contributed by atoms with Crippen LogP contribution in [0.15, 0.2) is 42.5 Å². The van der Waals surface area contributed by atoms with E-state index in [9.17, 15) is 23.5 Å². The van der Waals surface area contributed by atoms with Crippen molar-refractivity contribution in [2.75, 3.05) is 24.6 Å². The summed E-state index contributed by atoms with van der Waals surface area (Å²) < 4.78 is 28.7. The maximum absolute atomic E-state index is 14.3. The number of alkyl halides is 2. The Morgan fingerprint density at radius 3 is 2.75 bits per heavy atom. The fourth-order valence-electron chi connectivity index (χ4n) is 2.82. The van der Waals surface area contributed by atoms with E-state index in [0.29, 0.717) is 18.7 Å². The fourth-order valence-corrected chi connectivity index (χ4v) is 3.55. The summed E-state index contributed by atoms with van der Waals surface area (Å²) in [5.74, 6) is -3.58. The second-order valence-electron chi connectivity index (χ2n) is 6.42. The predicted octanol–water partition coefficient (Wildman–Crippen LogP) is 2.69. The van der Waals surface area contributed by atoms with Crippen LogP contribution in [0.1, 0.15) is 18.4 Å². The molecule has 1 fully saturated rings. The lowest BCUT2D eigenvalue weighted by Gasteiger charge is -2.23. The molecule has 0 radical (unpaired) electrons. The van der Waals surface area contributed by atoms with Gasteiger partial charge in [0.2, 0.25) is 0 Å². The van der Waals surface area contributed by atoms with Crippen molar-refractivity contribution in [2.45, 2.75) is 30.9 Å². The number of aliphatic hydroxyl groups is 1. The minimum Gasteiger partial charge on any atom is -0.481 e. The van der Waals surface area contributed by atoms with Crippen molar-refractivity contribution in [3.8, 4) is 0 Å². The number of aliphatic hydroxyl groups excluding tert-OH is 1. The van der Waals surface area contributed by atoms with Gasteiger partial charge in [-0.15, -0.1) is 0 Å². The standard InChI is InChI=1S/C19H24F2N2O4S/c20-19(21,14-6-2-1-3-7-14)16(24)9-8-15-12-22-18(27)23(15)10-4-5-11-28-13-17(25)26/h1-3,6-9,15-16,24H,4-5,10-13H2,(H,22,27)(H,25,26)/b9-8+/t15-,16?/m0/s1. The van der Waals surface area contributed by atoms with E-state index in [1.807, 2.05) is 0 Å². The van der Waals surface area contributed by atoms with Gasteiger partial charge in [-0.05, 0) is 18.6 Å². The first kappa shape index (κ1) is 22.2. The molecule has 9 heteroatoms. The van der Waals surface area contributed by atoms with Crippen LogP contribution in [-0.4, -0.2) is 63.9 Å². The maximum Gasteiger partial charge on any atom is 0.318 e. The summed E-state index contributed by atoms with van der Waals surface area (Å²) in [5, 5.41) is 21.2. The summed E-state index contributed by atoms with van der Waals surface area (Å²) in [4.78, 5) is 23.9. The van der Waals surface area contributed by atoms with Crippen LogP contribution in [0.25, 0.3) is 0 Å². The first-order chi connectivity index (χ1) is 13.3. The predicted molar refractivity (Wildman–Crippen MR) is 104 cm³/mol. The Balaban J connectivity index is 1.87. The van der Waals surface area contributed by atoms with Gasteiger partial charge in [-0.2, -0.15) is 20.5 Å². The molecule has 0 saturated carbocycles. The van der Waals surface area contributed by atoms with E-state index in [0.717, 1.165) is 12.5 Å². The number of hydrogen-bond donors (Lipinski definition) is 3. The molecule has 3 N–H and O–H groups in total. The number of hydrogen-bond acceptors (Lipinski definition) is 4. The van der Waals surface area contributed by atoms with E-state index in [2.05, 4.69) is 5.32 Å². The highest BCUT2D eigenvalue weighted by atomic mass is 32.2. The zero-order valence-corrected chi connectivity index (χ0v) is 16.1. The molecular formula is C19H24F2N2O4S. The van der Waals surface area contributed by atoms with Gasteiger partial charge < -0.3 is 20.4 Å². The summed E-state index contributed by atoms with van der Waals surface area (Å²) >= 11 is 1.31. The number of carbonyl (C=O) groups is 2. The number of halogens is 2. The lowest BCUT2D eigenvalue weighted by Crippen LogP contribution is -2.35. The van der Waals surface area contributed by atoms with Gasteiger partial charge in [0.1, 0.15) is 6.10 Å². The molecule has 1 saturated heterocycles. The molecule has 6 nitrogen and oxygen atoms in total. The average molecular weight is 414 g/mol. The number of nitrogens with one attached hydrogen (secondary N) is 1. The molecule has 1 unspecified atom stereocenters. The van der Waals surface area contributed by atoms with E-state index in [4.69, 9.17) is 5.11 Å². The minimum atomic E-state index is -3.43. The summed E-state index contributed by atoms with van der Waals surface area (Å²) in [6, 6.07) is 6.40. The van der Waals surface area contributed by atoms with E-state index < -0.39 is 24.0 Å². The van der Waals surface area contributed by atoms with Crippen LogP contribution in [-0.2, 0) is 10.7 Å². The summed E-state index contributed by atoms with van der Waals surface area (Å²) in [6.45, 7) is 0.715. The number of carboxylic acids is 1. The smallest absolute Gasteiger partial charge is 0.318 e. The van der Waals surface area contributed by atoms with Crippen molar-refractivity contribution >= 4 is 23.8 Å². The van der Waals surface area contributed by atoms with Gasteiger partial charge in [-0.3, -0.25) is 4.79 Å². The van der Waals surface area contributed by atoms with Crippen LogP contribution in [0.4, 0.5) is 13.6 Å². The highest BCUT2D eigenvalue weighted by Gasteiger charge is 2.39. The summed E-state index contributed by atoms with van der Waals surface area (Å²) in [7, 11) is 0. The average Bonchev–Trinajstić information content (AvgIpc) is 3.02. The number of amides is 2. The summed E-state index contributed by atoms with van der Waals surface area (Å²) in [6.07, 6.45) is 1.88. The van der Waals surface area contributed by atoms with E-state index in [1.54, 1.807) is 6.07 Å². The van der Waals surface area contributed by atoms with Gasteiger partial charge in [0, 0.05) is 18.7 Å². The monoisotopic (exact) mass is 414 g/mol. The lowest BCUT2D eigenvalue weighted by molar-refractivity contribution is -0.133. The maximum atomic E-state index is 14.3. The number of aliphatic carboxylic acids is 1. The van der Waals surface area contributed by atoms with Gasteiger partial charge in [-0.1, -0.05) is 42.5 Å². The normalized spacial score (nSPS) is 18.5. The molecule has 1 aromatic carbocycles. The van der Waals surface area contributed by atoms with Crippen molar-refractivity contribution in [1.82, 2.24) is 10.2 Å². The van der Waals surface area contributed by atoms with Crippen LogP contribution in [0.2, 0.25) is 0 Å². The summed E-state index contributed by atoms with van der Waals surface area (Å²) in [5.41, 5.74) is -0.275. The first-order valence-corrected chi connectivity index (χ1v) is 10.1. The largest absolute Gasteiger partial charge is 0.481 e. The second kappa shape index (κ2) is 10.4. The third-order valence-electron chi connectivity index (χ3n) is 4.33. The van der Waals surface area contributed by atoms with Crippen LogP contribution in [0.5, 0.6) is 0 Å². The molecule has 0 aliphatic carbocycles. The van der Waals surface area contributed by atoms with Crippen LogP contribution < -0.4 is 5.32 Å². The molecule has 0 aromatic heterocycles. The number of benzene rings is 1. The Morgan fingerprint density at radius 1 is 1.36 bits per heavy atom. The molecule has 1 aromatic rings. The van der Waals surface area contributed by atoms with Crippen molar-refractivity contribution < 1.29 is 28.6 Å². The van der Waals surface area contributed by atoms with Gasteiger partial charge in [0.15, 0.2) is 0 Å². The van der Waals surface area contributed by atoms with E-state index in [1.165, 1.54) is 47.0 Å². The Hall–Kier alpha value is -2.13. The highest BCUT2D eigenvalue weighted by Crippen LogP contribution is 2.32. The highest BCUT2D eigenvalue weighted by molar-refractivity contribution is 7.99. The second-order valence-corrected chi connectivity index (χ2v) is 7.52.